The zero-order chi connectivity index (χ0) is 4.28. The Bertz CT molecular complexity index is 21.6. The molecule has 0 heterocycles. The van der Waals surface area contributed by atoms with E-state index in [0.717, 1.165) is 0 Å². The van der Waals surface area contributed by atoms with Crippen LogP contribution in [0.1, 0.15) is 6.92 Å². The van der Waals surface area contributed by atoms with E-state index >= 15 is 0 Å². The summed E-state index contributed by atoms with van der Waals surface area (Å²) in [5.41, 5.74) is 0. The molecule has 0 rings (SSSR count). The van der Waals surface area contributed by atoms with Crippen molar-refractivity contribution >= 4 is 0 Å². The summed E-state index contributed by atoms with van der Waals surface area (Å²) in [6.07, 6.45) is 0. The first kappa shape index (κ1) is 4.88. The highest BCUT2D eigenvalue weighted by atomic mass is 16.8. The van der Waals surface area contributed by atoms with Gasteiger partial charge >= 0.3 is 0 Å². The van der Waals surface area contributed by atoms with E-state index in [-0.39, 0.29) is 11.8 Å². The van der Waals surface area contributed by atoms with E-state index in [9.17, 15) is 0 Å². The highest BCUT2D eigenvalue weighted by Gasteiger charge is 1.76. The molecular formula is C2H7NO2. The molecule has 0 fully saturated rings. The van der Waals surface area contributed by atoms with Crippen LogP contribution in [0.4, 0.5) is 0 Å². The number of hydroxylamine groups is 2. The van der Waals surface area contributed by atoms with Gasteiger partial charge < -0.3 is 0 Å². The second-order valence-corrected chi connectivity index (χ2v) is 0.689. The van der Waals surface area contributed by atoms with E-state index in [1.54, 1.807) is 6.92 Å². The predicted molar refractivity (Wildman–Crippen MR) is 16.0 cm³/mol. The zero-order valence-electron chi connectivity index (χ0n) is 3.05. The Labute approximate surface area is 30.4 Å². The van der Waals surface area contributed by atoms with Crippen molar-refractivity contribution in [1.29, 1.82) is 0 Å². The van der Waals surface area contributed by atoms with Crippen molar-refractivity contribution in [2.75, 3.05) is 6.54 Å². The van der Waals surface area contributed by atoms with E-state index in [1.807, 2.05) is 0 Å². The van der Waals surface area contributed by atoms with Gasteiger partial charge in [0.05, 0.1) is 0 Å². The lowest BCUT2D eigenvalue weighted by atomic mass is 10.8. The van der Waals surface area contributed by atoms with Gasteiger partial charge in [-0.2, -0.15) is 0 Å². The first-order chi connectivity index (χ1) is 2.27. The minimum atomic E-state index is 0.125. The molecule has 0 aliphatic heterocycles. The van der Waals surface area contributed by atoms with Crippen LogP contribution in [0, 0.1) is 0 Å². The van der Waals surface area contributed by atoms with E-state index in [1.165, 1.54) is 0 Å². The lowest BCUT2D eigenvalue weighted by Crippen LogP contribution is -2.10. The average molecular weight is 77.1 g/mol. The first-order valence-corrected chi connectivity index (χ1v) is 1.42. The van der Waals surface area contributed by atoms with Crippen LogP contribution >= 0.6 is 0 Å². The monoisotopic (exact) mass is 77.0 g/mol. The predicted octanol–water partition coefficient (Wildman–Crippen LogP) is 0.0867. The van der Waals surface area contributed by atoms with Crippen molar-refractivity contribution in [3.63, 3.8) is 0 Å². The number of hydrogen-bond donors (Lipinski definition) is 2. The Hall–Kier alpha value is -0.120. The summed E-state index contributed by atoms with van der Waals surface area (Å²) < 4.78 is 0. The van der Waals surface area contributed by atoms with E-state index in [0.29, 0.717) is 0 Å². The van der Waals surface area contributed by atoms with Gasteiger partial charge in [0.2, 0.25) is 0 Å². The van der Waals surface area contributed by atoms with Gasteiger partial charge in [0, 0.05) is 6.54 Å². The summed E-state index contributed by atoms with van der Waals surface area (Å²) in [5, 5.41) is 15.6. The quantitative estimate of drug-likeness (QED) is 0.436. The van der Waals surface area contributed by atoms with Crippen LogP contribution in [-0.4, -0.2) is 22.2 Å². The molecule has 2 N–H and O–H groups in total. The van der Waals surface area contributed by atoms with Gasteiger partial charge in [0.25, 0.3) is 0 Å². The summed E-state index contributed by atoms with van der Waals surface area (Å²) in [6, 6.07) is 0. The fraction of sp³-hybridized carbons (Fsp3) is 1.00. The Balaban J connectivity index is 2.54. The topological polar surface area (TPSA) is 43.7 Å². The fourth-order valence-corrected chi connectivity index (χ4v) is 0. The Morgan fingerprint density at radius 3 is 1.80 bits per heavy atom. The lowest BCUT2D eigenvalue weighted by Gasteiger charge is -1.95. The van der Waals surface area contributed by atoms with E-state index < -0.39 is 0 Å². The van der Waals surface area contributed by atoms with Gasteiger partial charge in [0.15, 0.2) is 0 Å². The largest absolute Gasteiger partial charge is 0.290 e. The maximum atomic E-state index is 7.75. The summed E-state index contributed by atoms with van der Waals surface area (Å²) in [7, 11) is 0. The third kappa shape index (κ3) is 3.88. The van der Waals surface area contributed by atoms with Crippen molar-refractivity contribution in [1.82, 2.24) is 5.23 Å². The molecule has 0 saturated heterocycles. The minimum Gasteiger partial charge on any atom is -0.290 e. The molecule has 0 spiro atoms. The molecular weight excluding hydrogens is 70.0 g/mol. The molecule has 3 nitrogen and oxygen atoms in total. The molecule has 0 aromatic rings. The Morgan fingerprint density at radius 1 is 1.60 bits per heavy atom. The third-order valence-electron chi connectivity index (χ3n) is 0.283. The van der Waals surface area contributed by atoms with Crippen LogP contribution in [0.5, 0.6) is 0 Å². The highest BCUT2D eigenvalue weighted by molar-refractivity contribution is 4.04. The molecule has 0 unspecified atom stereocenters. The average Bonchev–Trinajstić information content (AvgIpc) is 1.38. The summed E-state index contributed by atoms with van der Waals surface area (Å²) >= 11 is 0. The Morgan fingerprint density at radius 2 is 1.80 bits per heavy atom. The molecule has 0 aromatic heterocycles. The van der Waals surface area contributed by atoms with Crippen LogP contribution in [0.15, 0.2) is 0 Å². The van der Waals surface area contributed by atoms with Crippen molar-refractivity contribution in [3.8, 4) is 0 Å². The SMILES string of the molecule is CCN(O)O. The van der Waals surface area contributed by atoms with Crippen molar-refractivity contribution in [2.24, 2.45) is 0 Å². The van der Waals surface area contributed by atoms with Gasteiger partial charge in [-0.25, -0.2) is 0 Å². The summed E-state index contributed by atoms with van der Waals surface area (Å²) in [5.74, 6) is 0. The molecule has 5 heavy (non-hydrogen) atoms. The smallest absolute Gasteiger partial charge is 0.0484 e. The van der Waals surface area contributed by atoms with Crippen LogP contribution < -0.4 is 0 Å². The standard InChI is InChI=1S/C2H7NO2/c1-2-3(4)5/h4-5H,2H2,1H3. The second-order valence-electron chi connectivity index (χ2n) is 0.689. The first-order valence-electron chi connectivity index (χ1n) is 1.42. The third-order valence-corrected chi connectivity index (χ3v) is 0.283. The van der Waals surface area contributed by atoms with Crippen molar-refractivity contribution < 1.29 is 10.4 Å². The molecule has 0 atom stereocenters. The summed E-state index contributed by atoms with van der Waals surface area (Å²) in [4.78, 5) is 0. The van der Waals surface area contributed by atoms with Crippen molar-refractivity contribution in [3.05, 3.63) is 0 Å². The van der Waals surface area contributed by atoms with Crippen LogP contribution in [0.2, 0.25) is 0 Å². The fourth-order valence-electron chi connectivity index (χ4n) is 0. The molecule has 0 aromatic carbocycles. The Kier molecular flexibility index (Phi) is 2.09. The lowest BCUT2D eigenvalue weighted by molar-refractivity contribution is -0.303. The second kappa shape index (κ2) is 2.14. The number of nitrogens with zero attached hydrogens (tertiary/aromatic N) is 1. The minimum absolute atomic E-state index is 0.125. The normalized spacial score (nSPS) is 9.60. The molecule has 0 amide bonds. The van der Waals surface area contributed by atoms with Crippen molar-refractivity contribution in [2.45, 2.75) is 6.92 Å². The maximum Gasteiger partial charge on any atom is 0.0484 e. The van der Waals surface area contributed by atoms with E-state index in [2.05, 4.69) is 0 Å². The molecule has 0 aliphatic rings. The zero-order valence-corrected chi connectivity index (χ0v) is 3.05. The van der Waals surface area contributed by atoms with Gasteiger partial charge in [-0.15, -0.1) is 0 Å². The summed E-state index contributed by atoms with van der Waals surface area (Å²) in [6.45, 7) is 1.88. The molecule has 0 bridgehead atoms. The van der Waals surface area contributed by atoms with Crippen LogP contribution in [-0.2, 0) is 0 Å². The van der Waals surface area contributed by atoms with E-state index in [4.69, 9.17) is 10.4 Å². The molecule has 0 saturated carbocycles. The maximum absolute atomic E-state index is 7.75. The molecule has 3 heteroatoms. The van der Waals surface area contributed by atoms with Gasteiger partial charge in [-0.1, -0.05) is 5.23 Å². The molecule has 0 aliphatic carbocycles. The van der Waals surface area contributed by atoms with Crippen LogP contribution in [0.3, 0.4) is 0 Å². The number of hydrogen-bond acceptors (Lipinski definition) is 3. The van der Waals surface area contributed by atoms with Crippen LogP contribution in [0.25, 0.3) is 0 Å². The molecule has 32 valence electrons. The van der Waals surface area contributed by atoms with Gasteiger partial charge in [-0.05, 0) is 6.92 Å². The number of rotatable bonds is 1. The molecule has 0 radical (unpaired) electrons. The van der Waals surface area contributed by atoms with Gasteiger partial charge in [-0.3, -0.25) is 10.4 Å². The van der Waals surface area contributed by atoms with Gasteiger partial charge in [0.1, 0.15) is 0 Å². The highest BCUT2D eigenvalue weighted by Crippen LogP contribution is 1.61.